The van der Waals surface area contributed by atoms with Crippen molar-refractivity contribution in [2.75, 3.05) is 20.5 Å². The predicted molar refractivity (Wildman–Crippen MR) is 141 cm³/mol. The molecule has 1 aliphatic heterocycles. The minimum Gasteiger partial charge on any atom is -0.417 e. The molecule has 33 heavy (non-hydrogen) atoms. The van der Waals surface area contributed by atoms with Crippen LogP contribution in [0, 0.1) is 17.3 Å². The van der Waals surface area contributed by atoms with Gasteiger partial charge in [0, 0.05) is 13.7 Å². The molecule has 0 unspecified atom stereocenters. The first-order valence-electron chi connectivity index (χ1n) is 13.0. The summed E-state index contributed by atoms with van der Waals surface area (Å²) >= 11 is 0. The summed E-state index contributed by atoms with van der Waals surface area (Å²) in [6, 6.07) is 0. The molecule has 0 saturated carbocycles. The van der Waals surface area contributed by atoms with Crippen LogP contribution in [0.15, 0.2) is 23.3 Å². The molecule has 1 heterocycles. The maximum atomic E-state index is 6.64. The SMILES string of the molecule is COCO[C@@H](C)[C@@H]1CC=C(C)[C@@H](CC2=CC[C@@H](C(C)C)[C@]2(C)CCO[Si](C)(C)C(C)(C)C)O1. The second kappa shape index (κ2) is 11.5. The minimum atomic E-state index is -1.74. The molecular weight excluding hydrogens is 428 g/mol. The van der Waals surface area contributed by atoms with Crippen molar-refractivity contribution in [1.82, 2.24) is 0 Å². The van der Waals surface area contributed by atoms with Crippen molar-refractivity contribution in [1.29, 1.82) is 0 Å². The van der Waals surface area contributed by atoms with Crippen LogP contribution in [0.4, 0.5) is 0 Å². The zero-order chi connectivity index (χ0) is 25.0. The Morgan fingerprint density at radius 1 is 1.15 bits per heavy atom. The van der Waals surface area contributed by atoms with Crippen LogP contribution in [0.5, 0.6) is 0 Å². The highest BCUT2D eigenvalue weighted by Crippen LogP contribution is 2.52. The Morgan fingerprint density at radius 3 is 2.39 bits per heavy atom. The largest absolute Gasteiger partial charge is 0.417 e. The predicted octanol–water partition coefficient (Wildman–Crippen LogP) is 7.51. The first kappa shape index (κ1) is 28.8. The van der Waals surface area contributed by atoms with Gasteiger partial charge in [-0.05, 0) is 80.5 Å². The topological polar surface area (TPSA) is 36.9 Å². The van der Waals surface area contributed by atoms with Crippen LogP contribution in [-0.4, -0.2) is 47.1 Å². The molecule has 0 N–H and O–H groups in total. The Kier molecular flexibility index (Phi) is 10.0. The zero-order valence-corrected chi connectivity index (χ0v) is 24.4. The van der Waals surface area contributed by atoms with Crippen LogP contribution < -0.4 is 0 Å². The lowest BCUT2D eigenvalue weighted by Crippen LogP contribution is -2.42. The summed E-state index contributed by atoms with van der Waals surface area (Å²) < 4.78 is 24.1. The average Bonchev–Trinajstić information content (AvgIpc) is 3.03. The maximum absolute atomic E-state index is 6.64. The summed E-state index contributed by atoms with van der Waals surface area (Å²) in [6.07, 6.45) is 9.19. The molecule has 0 aromatic heterocycles. The second-order valence-electron chi connectivity index (χ2n) is 12.4. The second-order valence-corrected chi connectivity index (χ2v) is 17.2. The van der Waals surface area contributed by atoms with E-state index in [0.29, 0.717) is 18.6 Å². The molecule has 5 heteroatoms. The number of hydrogen-bond donors (Lipinski definition) is 0. The van der Waals surface area contributed by atoms with Crippen molar-refractivity contribution in [3.05, 3.63) is 23.3 Å². The van der Waals surface area contributed by atoms with E-state index >= 15 is 0 Å². The van der Waals surface area contributed by atoms with Gasteiger partial charge in [0.25, 0.3) is 0 Å². The fourth-order valence-corrected chi connectivity index (χ4v) is 6.25. The van der Waals surface area contributed by atoms with Gasteiger partial charge in [-0.3, -0.25) is 0 Å². The van der Waals surface area contributed by atoms with E-state index in [1.54, 1.807) is 12.7 Å². The van der Waals surface area contributed by atoms with E-state index in [0.717, 1.165) is 32.3 Å². The van der Waals surface area contributed by atoms with Gasteiger partial charge in [-0.2, -0.15) is 0 Å². The lowest BCUT2D eigenvalue weighted by Gasteiger charge is -2.42. The molecule has 0 aromatic carbocycles. The van der Waals surface area contributed by atoms with E-state index in [1.165, 1.54) is 5.57 Å². The smallest absolute Gasteiger partial charge is 0.191 e. The molecule has 0 bridgehead atoms. The van der Waals surface area contributed by atoms with Gasteiger partial charge in [-0.25, -0.2) is 0 Å². The monoisotopic (exact) mass is 480 g/mol. The standard InChI is InChI=1S/C28H52O4Si/c1-20(2)24-14-13-23(28(24,8)16-17-31-33(10,11)27(5,6)7)18-26-21(3)12-15-25(32-26)22(4)30-19-29-9/h12-13,20,22,24-26H,14-19H2,1-11H3/t22-,24-,25-,26+,28+/m0/s1. The third-order valence-electron chi connectivity index (χ3n) is 8.76. The molecule has 5 atom stereocenters. The van der Waals surface area contributed by atoms with E-state index in [2.05, 4.69) is 80.6 Å². The van der Waals surface area contributed by atoms with Crippen LogP contribution in [0.25, 0.3) is 0 Å². The van der Waals surface area contributed by atoms with Crippen LogP contribution in [0.2, 0.25) is 18.1 Å². The number of methoxy groups -OCH3 is 1. The van der Waals surface area contributed by atoms with E-state index in [9.17, 15) is 0 Å². The van der Waals surface area contributed by atoms with Crippen molar-refractivity contribution in [2.24, 2.45) is 17.3 Å². The lowest BCUT2D eigenvalue weighted by atomic mass is 9.67. The lowest BCUT2D eigenvalue weighted by molar-refractivity contribution is -0.134. The van der Waals surface area contributed by atoms with E-state index in [-0.39, 0.29) is 28.8 Å². The van der Waals surface area contributed by atoms with Crippen molar-refractivity contribution in [3.8, 4) is 0 Å². The fraction of sp³-hybridized carbons (Fsp3) is 0.857. The average molecular weight is 481 g/mol. The third-order valence-corrected chi connectivity index (χ3v) is 13.3. The Hall–Kier alpha value is -0.463. The molecular formula is C28H52O4Si. The quantitative estimate of drug-likeness (QED) is 0.174. The van der Waals surface area contributed by atoms with Gasteiger partial charge in [0.2, 0.25) is 0 Å². The number of ether oxygens (including phenoxy) is 3. The van der Waals surface area contributed by atoms with E-state index in [4.69, 9.17) is 18.6 Å². The summed E-state index contributed by atoms with van der Waals surface area (Å²) in [5.74, 6) is 1.30. The summed E-state index contributed by atoms with van der Waals surface area (Å²) in [7, 11) is -0.0834. The molecule has 0 saturated heterocycles. The number of rotatable bonds is 11. The Balaban J connectivity index is 2.12. The van der Waals surface area contributed by atoms with Crippen LogP contribution in [-0.2, 0) is 18.6 Å². The van der Waals surface area contributed by atoms with Crippen LogP contribution in [0.3, 0.4) is 0 Å². The summed E-state index contributed by atoms with van der Waals surface area (Å²) in [5, 5.41) is 0.244. The highest BCUT2D eigenvalue weighted by molar-refractivity contribution is 6.74. The third kappa shape index (κ3) is 7.04. The van der Waals surface area contributed by atoms with Crippen molar-refractivity contribution >= 4 is 8.32 Å². The Morgan fingerprint density at radius 2 is 1.82 bits per heavy atom. The minimum absolute atomic E-state index is 0.0159. The molecule has 2 rings (SSSR count). The van der Waals surface area contributed by atoms with Crippen molar-refractivity contribution in [2.45, 2.75) is 118 Å². The zero-order valence-electron chi connectivity index (χ0n) is 23.4. The van der Waals surface area contributed by atoms with Gasteiger partial charge in [0.1, 0.15) is 6.79 Å². The Bertz CT molecular complexity index is 691. The maximum Gasteiger partial charge on any atom is 0.191 e. The molecule has 2 aliphatic rings. The number of hydrogen-bond acceptors (Lipinski definition) is 4. The fourth-order valence-electron chi connectivity index (χ4n) is 5.21. The van der Waals surface area contributed by atoms with Gasteiger partial charge in [0.05, 0.1) is 18.3 Å². The van der Waals surface area contributed by atoms with Gasteiger partial charge < -0.3 is 18.6 Å². The molecule has 0 aromatic rings. The van der Waals surface area contributed by atoms with Gasteiger partial charge in [-0.1, -0.05) is 59.3 Å². The van der Waals surface area contributed by atoms with Gasteiger partial charge in [-0.15, -0.1) is 0 Å². The molecule has 0 radical (unpaired) electrons. The molecule has 192 valence electrons. The summed E-state index contributed by atoms with van der Waals surface area (Å²) in [4.78, 5) is 0. The first-order valence-corrected chi connectivity index (χ1v) is 15.9. The molecule has 0 amide bonds. The molecule has 1 aliphatic carbocycles. The number of allylic oxidation sites excluding steroid dienone is 1. The highest BCUT2D eigenvalue weighted by Gasteiger charge is 2.44. The highest BCUT2D eigenvalue weighted by atomic mass is 28.4. The van der Waals surface area contributed by atoms with Gasteiger partial charge in [0.15, 0.2) is 8.32 Å². The molecule has 4 nitrogen and oxygen atoms in total. The summed E-state index contributed by atoms with van der Waals surface area (Å²) in [6.45, 7) is 24.4. The van der Waals surface area contributed by atoms with Gasteiger partial charge >= 0.3 is 0 Å². The van der Waals surface area contributed by atoms with Crippen LogP contribution >= 0.6 is 0 Å². The van der Waals surface area contributed by atoms with Crippen molar-refractivity contribution < 1.29 is 18.6 Å². The van der Waals surface area contributed by atoms with Crippen LogP contribution in [0.1, 0.15) is 81.1 Å². The first-order chi connectivity index (χ1) is 15.2. The summed E-state index contributed by atoms with van der Waals surface area (Å²) in [5.41, 5.74) is 3.06. The van der Waals surface area contributed by atoms with E-state index < -0.39 is 8.32 Å². The molecule has 0 fully saturated rings. The van der Waals surface area contributed by atoms with E-state index in [1.807, 2.05) is 0 Å². The Labute approximate surface area is 205 Å². The van der Waals surface area contributed by atoms with Crippen molar-refractivity contribution in [3.63, 3.8) is 0 Å². The normalized spacial score (nSPS) is 29.9. The molecule has 0 spiro atoms.